The van der Waals surface area contributed by atoms with E-state index in [1.165, 1.54) is 24.7 Å². The zero-order chi connectivity index (χ0) is 19.5. The van der Waals surface area contributed by atoms with Gasteiger partial charge in [-0.15, -0.1) is 0 Å². The van der Waals surface area contributed by atoms with Crippen LogP contribution in [0.2, 0.25) is 0 Å². The summed E-state index contributed by atoms with van der Waals surface area (Å²) in [4.78, 5) is 13.2. The summed E-state index contributed by atoms with van der Waals surface area (Å²) in [5, 5.41) is 0.494. The van der Waals surface area contributed by atoms with Gasteiger partial charge in [0.2, 0.25) is 11.2 Å². The van der Waals surface area contributed by atoms with Crippen molar-refractivity contribution in [1.29, 1.82) is 0 Å². The summed E-state index contributed by atoms with van der Waals surface area (Å²) in [5.41, 5.74) is 4.33. The molecule has 4 nitrogen and oxygen atoms in total. The zero-order valence-corrected chi connectivity index (χ0v) is 16.3. The van der Waals surface area contributed by atoms with E-state index in [0.29, 0.717) is 22.5 Å². The normalized spacial score (nSPS) is 16.5. The third-order valence-electron chi connectivity index (χ3n) is 5.61. The Balaban J connectivity index is 1.79. The standard InChI is InChI=1S/C24H22O4/c1-24(2)12-11-17-19(28-24)10-9-18-20(25)23(26-3)21(27-22(17)18)16-8-7-14-5-4-6-15(14)13-16/h7-13H,4-6H2,1-3H3. The van der Waals surface area contributed by atoms with Gasteiger partial charge >= 0.3 is 0 Å². The highest BCUT2D eigenvalue weighted by Crippen LogP contribution is 2.39. The van der Waals surface area contributed by atoms with Crippen LogP contribution in [0.25, 0.3) is 28.4 Å². The van der Waals surface area contributed by atoms with Crippen LogP contribution in [0.4, 0.5) is 0 Å². The first-order chi connectivity index (χ1) is 13.5. The summed E-state index contributed by atoms with van der Waals surface area (Å²) in [6, 6.07) is 9.85. The van der Waals surface area contributed by atoms with Gasteiger partial charge in [0.15, 0.2) is 5.76 Å². The molecule has 1 aromatic heterocycles. The molecule has 2 heterocycles. The van der Waals surface area contributed by atoms with E-state index in [1.54, 1.807) is 6.07 Å². The molecular weight excluding hydrogens is 352 g/mol. The number of hydrogen-bond acceptors (Lipinski definition) is 4. The van der Waals surface area contributed by atoms with Crippen LogP contribution in [0.3, 0.4) is 0 Å². The topological polar surface area (TPSA) is 48.7 Å². The fourth-order valence-corrected chi connectivity index (χ4v) is 4.18. The lowest BCUT2D eigenvalue weighted by Crippen LogP contribution is -2.27. The van der Waals surface area contributed by atoms with Crippen LogP contribution in [-0.2, 0) is 12.8 Å². The van der Waals surface area contributed by atoms with E-state index in [1.807, 2.05) is 38.1 Å². The molecule has 0 saturated carbocycles. The molecule has 2 aromatic carbocycles. The van der Waals surface area contributed by atoms with Gasteiger partial charge in [-0.1, -0.05) is 12.1 Å². The molecule has 142 valence electrons. The minimum atomic E-state index is -0.393. The summed E-state index contributed by atoms with van der Waals surface area (Å²) in [6.07, 6.45) is 7.30. The van der Waals surface area contributed by atoms with Crippen LogP contribution < -0.4 is 14.9 Å². The van der Waals surface area contributed by atoms with Crippen molar-refractivity contribution in [3.05, 3.63) is 63.3 Å². The maximum absolute atomic E-state index is 13.2. The van der Waals surface area contributed by atoms with Crippen LogP contribution in [-0.4, -0.2) is 12.7 Å². The number of rotatable bonds is 2. The lowest BCUT2D eigenvalue weighted by molar-refractivity contribution is 0.159. The second kappa shape index (κ2) is 5.99. The minimum absolute atomic E-state index is 0.166. The molecule has 5 rings (SSSR count). The molecule has 0 saturated heterocycles. The van der Waals surface area contributed by atoms with Gasteiger partial charge in [0.1, 0.15) is 16.9 Å². The fraction of sp³-hybridized carbons (Fsp3) is 0.292. The van der Waals surface area contributed by atoms with Crippen LogP contribution in [0.5, 0.6) is 11.5 Å². The molecule has 0 unspecified atom stereocenters. The SMILES string of the molecule is COc1c(-c2ccc3c(c2)CCC3)oc2c3c(ccc2c1=O)OC(C)(C)C=C3. The second-order valence-electron chi connectivity index (χ2n) is 8.02. The van der Waals surface area contributed by atoms with E-state index < -0.39 is 5.60 Å². The van der Waals surface area contributed by atoms with Gasteiger partial charge in [0.05, 0.1) is 18.1 Å². The highest BCUT2D eigenvalue weighted by molar-refractivity contribution is 5.91. The largest absolute Gasteiger partial charge is 0.490 e. The first-order valence-electron chi connectivity index (χ1n) is 9.65. The van der Waals surface area contributed by atoms with Crippen molar-refractivity contribution in [1.82, 2.24) is 0 Å². The molecule has 0 N–H and O–H groups in total. The number of ether oxygens (including phenoxy) is 2. The van der Waals surface area contributed by atoms with Gasteiger partial charge in [0.25, 0.3) is 0 Å². The molecule has 2 aliphatic rings. The fourth-order valence-electron chi connectivity index (χ4n) is 4.18. The Bertz CT molecular complexity index is 1200. The number of aryl methyl sites for hydroxylation is 2. The third kappa shape index (κ3) is 2.55. The summed E-state index contributed by atoms with van der Waals surface area (Å²) in [7, 11) is 1.51. The van der Waals surface area contributed by atoms with E-state index in [9.17, 15) is 4.79 Å². The third-order valence-corrected chi connectivity index (χ3v) is 5.61. The van der Waals surface area contributed by atoms with Gasteiger partial charge in [-0.25, -0.2) is 0 Å². The van der Waals surface area contributed by atoms with E-state index in [2.05, 4.69) is 12.1 Å². The quantitative estimate of drug-likeness (QED) is 0.623. The molecule has 0 spiro atoms. The minimum Gasteiger partial charge on any atom is -0.490 e. The monoisotopic (exact) mass is 374 g/mol. The predicted molar refractivity (Wildman–Crippen MR) is 110 cm³/mol. The van der Waals surface area contributed by atoms with Gasteiger partial charge < -0.3 is 13.9 Å². The molecular formula is C24H22O4. The molecule has 0 radical (unpaired) electrons. The molecule has 1 aliphatic carbocycles. The van der Waals surface area contributed by atoms with Crippen LogP contribution in [0.1, 0.15) is 37.0 Å². The summed E-state index contributed by atoms with van der Waals surface area (Å²) in [5.74, 6) is 1.43. The van der Waals surface area contributed by atoms with Gasteiger partial charge in [-0.2, -0.15) is 0 Å². The van der Waals surface area contributed by atoms with Crippen molar-refractivity contribution in [2.75, 3.05) is 7.11 Å². The predicted octanol–water partition coefficient (Wildman–Crippen LogP) is 5.14. The molecule has 0 atom stereocenters. The molecule has 0 amide bonds. The maximum Gasteiger partial charge on any atom is 0.235 e. The summed E-state index contributed by atoms with van der Waals surface area (Å²) in [6.45, 7) is 3.99. The van der Waals surface area contributed by atoms with Crippen LogP contribution in [0.15, 0.2) is 45.6 Å². The van der Waals surface area contributed by atoms with Crippen molar-refractivity contribution >= 4 is 17.0 Å². The number of methoxy groups -OCH3 is 1. The van der Waals surface area contributed by atoms with Crippen molar-refractivity contribution in [3.8, 4) is 22.8 Å². The average Bonchev–Trinajstić information content (AvgIpc) is 3.14. The highest BCUT2D eigenvalue weighted by atomic mass is 16.5. The molecule has 4 heteroatoms. The van der Waals surface area contributed by atoms with Crippen LogP contribution >= 0.6 is 0 Å². The lowest BCUT2D eigenvalue weighted by Gasteiger charge is -2.28. The Morgan fingerprint density at radius 1 is 1.07 bits per heavy atom. The van der Waals surface area contributed by atoms with Crippen LogP contribution in [0, 0.1) is 0 Å². The Kier molecular flexibility index (Phi) is 3.66. The lowest BCUT2D eigenvalue weighted by atomic mass is 9.99. The Morgan fingerprint density at radius 2 is 1.89 bits per heavy atom. The summed E-state index contributed by atoms with van der Waals surface area (Å²) < 4.78 is 17.9. The molecule has 0 fully saturated rings. The number of benzene rings is 2. The van der Waals surface area contributed by atoms with E-state index in [-0.39, 0.29) is 11.2 Å². The van der Waals surface area contributed by atoms with Gasteiger partial charge in [-0.05, 0) is 74.6 Å². The molecule has 1 aliphatic heterocycles. The Labute approximate surface area is 163 Å². The number of hydrogen-bond donors (Lipinski definition) is 0. The first-order valence-corrected chi connectivity index (χ1v) is 9.65. The molecule has 3 aromatic rings. The van der Waals surface area contributed by atoms with Gasteiger partial charge in [-0.3, -0.25) is 4.79 Å². The van der Waals surface area contributed by atoms with Gasteiger partial charge in [0, 0.05) is 5.56 Å². The molecule has 0 bridgehead atoms. The van der Waals surface area contributed by atoms with E-state index >= 15 is 0 Å². The van der Waals surface area contributed by atoms with Crippen molar-refractivity contribution in [2.24, 2.45) is 0 Å². The molecule has 28 heavy (non-hydrogen) atoms. The van der Waals surface area contributed by atoms with E-state index in [4.69, 9.17) is 13.9 Å². The maximum atomic E-state index is 13.2. The first kappa shape index (κ1) is 17.1. The smallest absolute Gasteiger partial charge is 0.235 e. The number of fused-ring (bicyclic) bond motifs is 4. The highest BCUT2D eigenvalue weighted by Gasteiger charge is 2.26. The zero-order valence-electron chi connectivity index (χ0n) is 16.3. The van der Waals surface area contributed by atoms with Crippen molar-refractivity contribution < 1.29 is 13.9 Å². The summed E-state index contributed by atoms with van der Waals surface area (Å²) >= 11 is 0. The Hall–Kier alpha value is -3.01. The van der Waals surface area contributed by atoms with Crippen molar-refractivity contribution in [3.63, 3.8) is 0 Å². The second-order valence-corrected chi connectivity index (χ2v) is 8.02. The Morgan fingerprint density at radius 3 is 2.71 bits per heavy atom. The van der Waals surface area contributed by atoms with E-state index in [0.717, 1.165) is 24.0 Å². The average molecular weight is 374 g/mol. The van der Waals surface area contributed by atoms with Crippen molar-refractivity contribution in [2.45, 2.75) is 38.7 Å².